The summed E-state index contributed by atoms with van der Waals surface area (Å²) in [5.41, 5.74) is 6.55. The minimum atomic E-state index is -0.490. The largest absolute Gasteiger partial charge is 0.366 e. The van der Waals surface area contributed by atoms with Crippen LogP contribution in [0.25, 0.3) is 6.08 Å². The van der Waals surface area contributed by atoms with Gasteiger partial charge < -0.3 is 5.73 Å². The molecule has 0 unspecified atom stereocenters. The molecule has 0 aliphatic rings. The van der Waals surface area contributed by atoms with E-state index in [1.54, 1.807) is 12.1 Å². The minimum Gasteiger partial charge on any atom is -0.366 e. The van der Waals surface area contributed by atoms with Crippen molar-refractivity contribution >= 4 is 23.6 Å². The number of halogens is 1. The van der Waals surface area contributed by atoms with Gasteiger partial charge in [0.25, 0.3) is 0 Å². The molecule has 0 saturated carbocycles. The number of carbonyl (C=O) groups excluding carboxylic acids is 1. The van der Waals surface area contributed by atoms with Crippen molar-refractivity contribution in [2.24, 2.45) is 5.73 Å². The zero-order valence-electron chi connectivity index (χ0n) is 7.12. The lowest BCUT2D eigenvalue weighted by Gasteiger charge is -1.98. The van der Waals surface area contributed by atoms with Gasteiger partial charge in [-0.3, -0.25) is 9.78 Å². The molecule has 1 aromatic heterocycles. The van der Waals surface area contributed by atoms with Crippen LogP contribution in [0.5, 0.6) is 0 Å². The summed E-state index contributed by atoms with van der Waals surface area (Å²) in [6, 6.07) is 1.77. The second kappa shape index (κ2) is 4.05. The van der Waals surface area contributed by atoms with E-state index in [-0.39, 0.29) is 0 Å². The first kappa shape index (κ1) is 9.74. The Labute approximate surface area is 81.2 Å². The molecule has 0 radical (unpaired) electrons. The number of carbonyl (C=O) groups is 1. The number of nitrogens with zero attached hydrogens (tertiary/aromatic N) is 1. The van der Waals surface area contributed by atoms with Crippen molar-refractivity contribution in [3.8, 4) is 0 Å². The first-order chi connectivity index (χ1) is 6.09. The van der Waals surface area contributed by atoms with Gasteiger partial charge in [0.2, 0.25) is 5.91 Å². The van der Waals surface area contributed by atoms with Crippen molar-refractivity contribution in [1.29, 1.82) is 0 Å². The fourth-order valence-corrected chi connectivity index (χ4v) is 1.10. The molecule has 1 heterocycles. The molecule has 0 atom stereocenters. The number of hydrogen-bond acceptors (Lipinski definition) is 2. The molecular weight excluding hydrogens is 188 g/mol. The van der Waals surface area contributed by atoms with Crippen LogP contribution in [0.15, 0.2) is 18.3 Å². The molecule has 0 saturated heterocycles. The summed E-state index contributed by atoms with van der Waals surface area (Å²) < 4.78 is 0. The molecule has 3 nitrogen and oxygen atoms in total. The standard InChI is InChI=1S/C9H9ClN2O/c1-6-4-7(10)5-12-8(6)2-3-9(11)13/h2-5H,1H3,(H2,11,13). The number of hydrogen-bond donors (Lipinski definition) is 1. The quantitative estimate of drug-likeness (QED) is 0.730. The fraction of sp³-hybridized carbons (Fsp3) is 0.111. The molecule has 2 N–H and O–H groups in total. The van der Waals surface area contributed by atoms with E-state index < -0.39 is 5.91 Å². The van der Waals surface area contributed by atoms with Crippen LogP contribution < -0.4 is 5.73 Å². The zero-order valence-corrected chi connectivity index (χ0v) is 7.88. The van der Waals surface area contributed by atoms with Crippen molar-refractivity contribution in [2.45, 2.75) is 6.92 Å². The van der Waals surface area contributed by atoms with Gasteiger partial charge in [0.05, 0.1) is 10.7 Å². The van der Waals surface area contributed by atoms with Gasteiger partial charge in [0, 0.05) is 12.3 Å². The van der Waals surface area contributed by atoms with Gasteiger partial charge in [-0.05, 0) is 24.6 Å². The first-order valence-electron chi connectivity index (χ1n) is 3.69. The lowest BCUT2D eigenvalue weighted by atomic mass is 10.2. The number of aromatic nitrogens is 1. The third kappa shape index (κ3) is 2.87. The highest BCUT2D eigenvalue weighted by Crippen LogP contribution is 2.12. The van der Waals surface area contributed by atoms with Crippen LogP contribution in [0.3, 0.4) is 0 Å². The molecule has 0 bridgehead atoms. The summed E-state index contributed by atoms with van der Waals surface area (Å²) >= 11 is 5.70. The molecule has 0 spiro atoms. The average Bonchev–Trinajstić information content (AvgIpc) is 2.02. The maximum absolute atomic E-state index is 10.4. The van der Waals surface area contributed by atoms with Crippen molar-refractivity contribution in [3.05, 3.63) is 34.6 Å². The monoisotopic (exact) mass is 196 g/mol. The number of primary amides is 1. The summed E-state index contributed by atoms with van der Waals surface area (Å²) in [7, 11) is 0. The summed E-state index contributed by atoms with van der Waals surface area (Å²) in [5, 5.41) is 0.578. The molecule has 4 heteroatoms. The SMILES string of the molecule is Cc1cc(Cl)cnc1C=CC(N)=O. The molecular formula is C9H9ClN2O. The van der Waals surface area contributed by atoms with Crippen LogP contribution in [0.4, 0.5) is 0 Å². The van der Waals surface area contributed by atoms with Crippen LogP contribution in [-0.4, -0.2) is 10.9 Å². The summed E-state index contributed by atoms with van der Waals surface area (Å²) in [4.78, 5) is 14.5. The minimum absolute atomic E-state index is 0.490. The Morgan fingerprint density at radius 1 is 1.69 bits per heavy atom. The predicted octanol–water partition coefficient (Wildman–Crippen LogP) is 1.54. The average molecular weight is 197 g/mol. The molecule has 1 rings (SSSR count). The Kier molecular flexibility index (Phi) is 3.03. The molecule has 1 aromatic rings. The van der Waals surface area contributed by atoms with Gasteiger partial charge >= 0.3 is 0 Å². The Balaban J connectivity index is 2.96. The van der Waals surface area contributed by atoms with E-state index in [4.69, 9.17) is 17.3 Å². The normalized spacial score (nSPS) is 10.6. The molecule has 68 valence electrons. The summed E-state index contributed by atoms with van der Waals surface area (Å²) in [6.45, 7) is 1.86. The van der Waals surface area contributed by atoms with Crippen LogP contribution in [0.1, 0.15) is 11.3 Å². The number of aryl methyl sites for hydroxylation is 1. The third-order valence-electron chi connectivity index (χ3n) is 1.49. The Bertz CT molecular complexity index is 361. The van der Waals surface area contributed by atoms with Crippen LogP contribution in [0, 0.1) is 6.92 Å². The number of amides is 1. The second-order valence-electron chi connectivity index (χ2n) is 2.59. The summed E-state index contributed by atoms with van der Waals surface area (Å²) in [5.74, 6) is -0.490. The Morgan fingerprint density at radius 2 is 2.38 bits per heavy atom. The number of nitrogens with two attached hydrogens (primary N) is 1. The first-order valence-corrected chi connectivity index (χ1v) is 4.07. The molecule has 0 fully saturated rings. The van der Waals surface area contributed by atoms with Crippen molar-refractivity contribution in [3.63, 3.8) is 0 Å². The lowest BCUT2D eigenvalue weighted by molar-refractivity contribution is -0.113. The van der Waals surface area contributed by atoms with Gasteiger partial charge in [-0.1, -0.05) is 11.6 Å². The molecule has 1 amide bonds. The van der Waals surface area contributed by atoms with E-state index in [1.165, 1.54) is 12.3 Å². The molecule has 0 aromatic carbocycles. The zero-order chi connectivity index (χ0) is 9.84. The highest BCUT2D eigenvalue weighted by atomic mass is 35.5. The van der Waals surface area contributed by atoms with E-state index in [9.17, 15) is 4.79 Å². The topological polar surface area (TPSA) is 56.0 Å². The van der Waals surface area contributed by atoms with Crippen LogP contribution in [0.2, 0.25) is 5.02 Å². The van der Waals surface area contributed by atoms with Crippen molar-refractivity contribution < 1.29 is 4.79 Å². The van der Waals surface area contributed by atoms with E-state index in [0.29, 0.717) is 10.7 Å². The van der Waals surface area contributed by atoms with E-state index in [1.807, 2.05) is 6.92 Å². The number of rotatable bonds is 2. The molecule has 0 aliphatic heterocycles. The van der Waals surface area contributed by atoms with E-state index in [0.717, 1.165) is 5.56 Å². The highest BCUT2D eigenvalue weighted by Gasteiger charge is 1.96. The van der Waals surface area contributed by atoms with Crippen molar-refractivity contribution in [2.75, 3.05) is 0 Å². The summed E-state index contributed by atoms with van der Waals surface area (Å²) in [6.07, 6.45) is 4.35. The van der Waals surface area contributed by atoms with Gasteiger partial charge in [0.1, 0.15) is 0 Å². The Morgan fingerprint density at radius 3 is 2.92 bits per heavy atom. The highest BCUT2D eigenvalue weighted by molar-refractivity contribution is 6.30. The maximum atomic E-state index is 10.4. The molecule has 0 aliphatic carbocycles. The smallest absolute Gasteiger partial charge is 0.241 e. The number of pyridine rings is 1. The van der Waals surface area contributed by atoms with Gasteiger partial charge in [-0.15, -0.1) is 0 Å². The fourth-order valence-electron chi connectivity index (χ4n) is 0.887. The Hall–Kier alpha value is -1.35. The van der Waals surface area contributed by atoms with Crippen molar-refractivity contribution in [1.82, 2.24) is 4.98 Å². The van der Waals surface area contributed by atoms with E-state index >= 15 is 0 Å². The van der Waals surface area contributed by atoms with Gasteiger partial charge in [-0.25, -0.2) is 0 Å². The van der Waals surface area contributed by atoms with Crippen LogP contribution >= 0.6 is 11.6 Å². The molecule has 13 heavy (non-hydrogen) atoms. The predicted molar refractivity (Wildman–Crippen MR) is 52.2 cm³/mol. The third-order valence-corrected chi connectivity index (χ3v) is 1.70. The van der Waals surface area contributed by atoms with Gasteiger partial charge in [0.15, 0.2) is 0 Å². The second-order valence-corrected chi connectivity index (χ2v) is 3.03. The van der Waals surface area contributed by atoms with Crippen LogP contribution in [-0.2, 0) is 4.79 Å². The maximum Gasteiger partial charge on any atom is 0.241 e. The van der Waals surface area contributed by atoms with E-state index in [2.05, 4.69) is 4.98 Å². The lowest BCUT2D eigenvalue weighted by Crippen LogP contribution is -2.05. The van der Waals surface area contributed by atoms with Gasteiger partial charge in [-0.2, -0.15) is 0 Å².